The molecule has 0 aliphatic carbocycles. The molecule has 1 rings (SSSR count). The number of carbonyl (C=O) groups excluding carboxylic acids is 3. The van der Waals surface area contributed by atoms with Crippen molar-refractivity contribution >= 4 is 23.7 Å². The van der Waals surface area contributed by atoms with Crippen LogP contribution in [0.2, 0.25) is 0 Å². The van der Waals surface area contributed by atoms with E-state index in [1.54, 1.807) is 17.6 Å². The number of hydrogen-bond acceptors (Lipinski definition) is 6. The number of rotatable bonds is 14. The van der Waals surface area contributed by atoms with Crippen molar-refractivity contribution in [2.75, 3.05) is 0 Å². The van der Waals surface area contributed by atoms with E-state index in [1.165, 1.54) is 0 Å². The van der Waals surface area contributed by atoms with Crippen molar-refractivity contribution in [2.45, 2.75) is 66.8 Å². The van der Waals surface area contributed by atoms with E-state index >= 15 is 0 Å². The normalized spacial score (nSPS) is 16.2. The van der Waals surface area contributed by atoms with Crippen molar-refractivity contribution in [3.05, 3.63) is 42.0 Å². The number of nitrogens with one attached hydrogen (secondary N) is 2. The SMILES string of the molecule is CC(C)C[C@@H](N)C(=O)C(/C=C/c1ccccc1)(CC(C)C)[C@@H](C(=O)NO)[C@@H](CC(C)C)C(=O)NN. The molecule has 7 N–H and O–H groups in total. The van der Waals surface area contributed by atoms with Crippen molar-refractivity contribution in [3.8, 4) is 0 Å². The molecule has 0 aliphatic rings. The van der Waals surface area contributed by atoms with E-state index in [0.29, 0.717) is 6.42 Å². The van der Waals surface area contributed by atoms with Crippen molar-refractivity contribution in [3.63, 3.8) is 0 Å². The summed E-state index contributed by atoms with van der Waals surface area (Å²) >= 11 is 0. The fourth-order valence-electron chi connectivity index (χ4n) is 4.93. The molecule has 2 amide bonds. The highest BCUT2D eigenvalue weighted by molar-refractivity contribution is 5.99. The Morgan fingerprint density at radius 1 is 0.943 bits per heavy atom. The molecule has 35 heavy (non-hydrogen) atoms. The van der Waals surface area contributed by atoms with Gasteiger partial charge in [0.05, 0.1) is 23.3 Å². The number of carbonyl (C=O) groups is 3. The molecule has 0 radical (unpaired) electrons. The topological polar surface area (TPSA) is 148 Å². The number of ketones is 1. The number of nitrogens with two attached hydrogens (primary N) is 2. The van der Waals surface area contributed by atoms with Gasteiger partial charge in [-0.2, -0.15) is 0 Å². The number of amides is 2. The summed E-state index contributed by atoms with van der Waals surface area (Å²) in [6.45, 7) is 11.7. The van der Waals surface area contributed by atoms with Gasteiger partial charge >= 0.3 is 0 Å². The lowest BCUT2D eigenvalue weighted by Gasteiger charge is -2.42. The van der Waals surface area contributed by atoms with Crippen LogP contribution in [0.25, 0.3) is 6.08 Å². The summed E-state index contributed by atoms with van der Waals surface area (Å²) in [5, 5.41) is 9.76. The second-order valence-corrected chi connectivity index (χ2v) is 10.7. The Balaban J connectivity index is 3.95. The van der Waals surface area contributed by atoms with Crippen LogP contribution in [0.4, 0.5) is 0 Å². The molecule has 0 aliphatic heterocycles. The Hall–Kier alpha value is -2.55. The van der Waals surface area contributed by atoms with Gasteiger partial charge in [0.1, 0.15) is 0 Å². The predicted octanol–water partition coefficient (Wildman–Crippen LogP) is 3.45. The largest absolute Gasteiger partial charge is 0.321 e. The summed E-state index contributed by atoms with van der Waals surface area (Å²) in [5.74, 6) is 1.73. The van der Waals surface area contributed by atoms with Gasteiger partial charge in [-0.05, 0) is 42.6 Å². The molecule has 1 aromatic rings. The van der Waals surface area contributed by atoms with Gasteiger partial charge in [0.15, 0.2) is 5.78 Å². The van der Waals surface area contributed by atoms with Gasteiger partial charge < -0.3 is 5.73 Å². The smallest absolute Gasteiger partial charge is 0.248 e. The maximum Gasteiger partial charge on any atom is 0.248 e. The molecule has 4 atom stereocenters. The first-order chi connectivity index (χ1) is 16.4. The second kappa shape index (κ2) is 14.1. The highest BCUT2D eigenvalue weighted by Crippen LogP contribution is 2.45. The highest BCUT2D eigenvalue weighted by Gasteiger charge is 2.53. The zero-order chi connectivity index (χ0) is 26.8. The maximum absolute atomic E-state index is 14.2. The molecule has 196 valence electrons. The summed E-state index contributed by atoms with van der Waals surface area (Å²) in [4.78, 5) is 40.6. The number of allylic oxidation sites excluding steroid dienone is 1. The lowest BCUT2D eigenvalue weighted by atomic mass is 9.59. The summed E-state index contributed by atoms with van der Waals surface area (Å²) in [6.07, 6.45) is 4.45. The zero-order valence-electron chi connectivity index (χ0n) is 22.0. The average molecular weight is 489 g/mol. The molecular weight excluding hydrogens is 444 g/mol. The van der Waals surface area contributed by atoms with Gasteiger partial charge in [-0.1, -0.05) is 84.0 Å². The Morgan fingerprint density at radius 2 is 1.51 bits per heavy atom. The molecule has 0 heterocycles. The van der Waals surface area contributed by atoms with Crippen molar-refractivity contribution in [2.24, 2.45) is 46.6 Å². The van der Waals surface area contributed by atoms with Crippen molar-refractivity contribution in [1.82, 2.24) is 10.9 Å². The van der Waals surface area contributed by atoms with Gasteiger partial charge in [-0.25, -0.2) is 11.3 Å². The third kappa shape index (κ3) is 8.56. The number of hydroxylamine groups is 1. The van der Waals surface area contributed by atoms with Crippen LogP contribution >= 0.6 is 0 Å². The summed E-state index contributed by atoms with van der Waals surface area (Å²) in [6, 6.07) is 8.54. The first-order valence-corrected chi connectivity index (χ1v) is 12.4. The van der Waals surface area contributed by atoms with Crippen LogP contribution < -0.4 is 22.5 Å². The minimum Gasteiger partial charge on any atom is -0.321 e. The van der Waals surface area contributed by atoms with Crippen LogP contribution in [0, 0.1) is 35.0 Å². The summed E-state index contributed by atoms with van der Waals surface area (Å²) in [5.41, 5.74) is 9.69. The quantitative estimate of drug-likeness (QED) is 0.117. The van der Waals surface area contributed by atoms with E-state index in [2.05, 4.69) is 5.43 Å². The van der Waals surface area contributed by atoms with Crippen LogP contribution in [0.1, 0.15) is 66.4 Å². The van der Waals surface area contributed by atoms with Crippen LogP contribution in [0.5, 0.6) is 0 Å². The van der Waals surface area contributed by atoms with E-state index in [-0.39, 0.29) is 36.4 Å². The molecule has 0 spiro atoms. The minimum absolute atomic E-state index is 0.0144. The molecule has 0 aromatic heterocycles. The average Bonchev–Trinajstić information content (AvgIpc) is 2.80. The molecule has 1 aromatic carbocycles. The molecular formula is C27H44N4O4. The van der Waals surface area contributed by atoms with Gasteiger partial charge in [0, 0.05) is 0 Å². The van der Waals surface area contributed by atoms with Crippen molar-refractivity contribution < 1.29 is 19.6 Å². The van der Waals surface area contributed by atoms with Crippen LogP contribution in [-0.2, 0) is 14.4 Å². The van der Waals surface area contributed by atoms with Gasteiger partial charge in [0.2, 0.25) is 11.8 Å². The lowest BCUT2D eigenvalue weighted by molar-refractivity contribution is -0.151. The number of Topliss-reactive ketones (excluding diaryl/α,β-unsaturated/α-hetero) is 1. The van der Waals surface area contributed by atoms with Gasteiger partial charge in [-0.15, -0.1) is 0 Å². The third-order valence-corrected chi connectivity index (χ3v) is 6.19. The molecule has 0 saturated carbocycles. The van der Waals surface area contributed by atoms with Crippen molar-refractivity contribution in [1.29, 1.82) is 0 Å². The monoisotopic (exact) mass is 488 g/mol. The standard InChI is InChI=1S/C27H44N4O4/c1-17(2)14-21(25(33)30-29)23(26(34)31-35)27(16-19(5)6,24(32)22(28)15-18(3)4)13-12-20-10-8-7-9-11-20/h7-13,17-19,21-23,35H,14-16,28-29H2,1-6H3,(H,30,33)(H,31,34)/b13-12+/t21-,22-,23-,27?/m1/s1. The molecule has 0 bridgehead atoms. The number of hydrogen-bond donors (Lipinski definition) is 5. The van der Waals surface area contributed by atoms with Gasteiger partial charge in [0.25, 0.3) is 0 Å². The molecule has 8 heteroatoms. The van der Waals surface area contributed by atoms with E-state index in [0.717, 1.165) is 5.56 Å². The van der Waals surface area contributed by atoms with Crippen LogP contribution in [0.15, 0.2) is 36.4 Å². The maximum atomic E-state index is 14.2. The molecule has 1 unspecified atom stereocenters. The summed E-state index contributed by atoms with van der Waals surface area (Å²) in [7, 11) is 0. The van der Waals surface area contributed by atoms with E-state index < -0.39 is 35.1 Å². The fourth-order valence-corrected chi connectivity index (χ4v) is 4.93. The fraction of sp³-hybridized carbons (Fsp3) is 0.593. The lowest BCUT2D eigenvalue weighted by Crippen LogP contribution is -2.57. The number of benzene rings is 1. The first-order valence-electron chi connectivity index (χ1n) is 12.4. The Labute approximate surface area is 209 Å². The van der Waals surface area contributed by atoms with E-state index in [4.69, 9.17) is 11.6 Å². The molecule has 0 saturated heterocycles. The Kier molecular flexibility index (Phi) is 12.3. The predicted molar refractivity (Wildman–Crippen MR) is 138 cm³/mol. The third-order valence-electron chi connectivity index (χ3n) is 6.19. The molecule has 8 nitrogen and oxygen atoms in total. The van der Waals surface area contributed by atoms with Crippen LogP contribution in [-0.4, -0.2) is 28.8 Å². The van der Waals surface area contributed by atoms with Crippen LogP contribution in [0.3, 0.4) is 0 Å². The second-order valence-electron chi connectivity index (χ2n) is 10.7. The first kappa shape index (κ1) is 30.5. The highest BCUT2D eigenvalue weighted by atomic mass is 16.5. The molecule has 0 fully saturated rings. The van der Waals surface area contributed by atoms with Gasteiger partial charge in [-0.3, -0.25) is 25.0 Å². The minimum atomic E-state index is -1.46. The van der Waals surface area contributed by atoms with E-state index in [9.17, 15) is 19.6 Å². The zero-order valence-corrected chi connectivity index (χ0v) is 22.0. The Bertz CT molecular complexity index is 854. The number of hydrazine groups is 1. The summed E-state index contributed by atoms with van der Waals surface area (Å²) < 4.78 is 0. The van der Waals surface area contributed by atoms with E-state index in [1.807, 2.05) is 71.9 Å². The Morgan fingerprint density at radius 3 is 1.97 bits per heavy atom.